The molecule has 1 heterocycles. The van der Waals surface area contributed by atoms with Gasteiger partial charge in [-0.15, -0.1) is 0 Å². The minimum atomic E-state index is -0.695. The molecule has 0 N–H and O–H groups in total. The maximum absolute atomic E-state index is 12.9. The highest BCUT2D eigenvalue weighted by atomic mass is 16.6. The van der Waals surface area contributed by atoms with Gasteiger partial charge in [-0.2, -0.15) is 0 Å². The van der Waals surface area contributed by atoms with Gasteiger partial charge in [0.1, 0.15) is 12.6 Å². The number of amides is 1. The summed E-state index contributed by atoms with van der Waals surface area (Å²) in [7, 11) is 0. The number of nitrogens with zero attached hydrogens (tertiary/aromatic N) is 1. The third kappa shape index (κ3) is 4.48. The second-order valence-corrected chi connectivity index (χ2v) is 7.81. The lowest BCUT2D eigenvalue weighted by Gasteiger charge is -2.33. The number of hydrogen-bond acceptors (Lipinski definition) is 4. The molecule has 0 saturated carbocycles. The number of esters is 1. The van der Waals surface area contributed by atoms with E-state index in [9.17, 15) is 9.59 Å². The van der Waals surface area contributed by atoms with Crippen LogP contribution in [0.1, 0.15) is 31.9 Å². The Hall–Kier alpha value is -2.82. The van der Waals surface area contributed by atoms with Crippen LogP contribution in [0.5, 0.6) is 0 Å². The summed E-state index contributed by atoms with van der Waals surface area (Å²) < 4.78 is 11.1. The van der Waals surface area contributed by atoms with Gasteiger partial charge in [0.05, 0.1) is 0 Å². The smallest absolute Gasteiger partial charge is 0.413 e. The van der Waals surface area contributed by atoms with E-state index in [0.29, 0.717) is 6.42 Å². The van der Waals surface area contributed by atoms with Gasteiger partial charge in [-0.3, -0.25) is 4.90 Å². The van der Waals surface area contributed by atoms with E-state index in [1.54, 1.807) is 0 Å². The Labute approximate surface area is 159 Å². The number of ether oxygens (including phenoxy) is 2. The molecule has 2 aromatic rings. The molecule has 1 aliphatic heterocycles. The zero-order valence-electron chi connectivity index (χ0n) is 15.9. The fraction of sp³-hybridized carbons (Fsp3) is 0.364. The standard InChI is InChI=1S/C22H25NO4/c1-22(2,3)20-23(21(25)26-15-17-12-8-5-9-13-17)18(19(24)27-20)14-16-10-6-4-7-11-16/h4-13,18,20H,14-15H2,1-3H3/t18-,20-/m0/s1. The van der Waals surface area contributed by atoms with Crippen molar-refractivity contribution in [3.05, 3.63) is 71.8 Å². The van der Waals surface area contributed by atoms with Crippen molar-refractivity contribution in [2.45, 2.75) is 46.1 Å². The Bertz CT molecular complexity index is 783. The fourth-order valence-corrected chi connectivity index (χ4v) is 3.15. The van der Waals surface area contributed by atoms with Gasteiger partial charge in [-0.25, -0.2) is 9.59 Å². The van der Waals surface area contributed by atoms with Gasteiger partial charge in [-0.1, -0.05) is 81.4 Å². The number of benzene rings is 2. The largest absolute Gasteiger partial charge is 0.444 e. The van der Waals surface area contributed by atoms with E-state index in [-0.39, 0.29) is 6.61 Å². The second-order valence-electron chi connectivity index (χ2n) is 7.81. The maximum atomic E-state index is 12.9. The molecule has 1 fully saturated rings. The van der Waals surface area contributed by atoms with E-state index >= 15 is 0 Å². The Morgan fingerprint density at radius 2 is 1.56 bits per heavy atom. The molecule has 0 aliphatic carbocycles. The van der Waals surface area contributed by atoms with Gasteiger partial charge in [0.25, 0.3) is 0 Å². The molecule has 27 heavy (non-hydrogen) atoms. The minimum absolute atomic E-state index is 0.152. The number of hydrogen-bond donors (Lipinski definition) is 0. The van der Waals surface area contributed by atoms with Crippen molar-refractivity contribution in [1.82, 2.24) is 4.90 Å². The molecule has 0 spiro atoms. The highest BCUT2D eigenvalue weighted by Gasteiger charge is 2.50. The summed E-state index contributed by atoms with van der Waals surface area (Å²) in [6.07, 6.45) is -0.806. The molecule has 5 heteroatoms. The van der Waals surface area contributed by atoms with E-state index in [1.807, 2.05) is 81.4 Å². The normalized spacial score (nSPS) is 19.7. The lowest BCUT2D eigenvalue weighted by Crippen LogP contribution is -2.48. The molecule has 3 rings (SSSR count). The van der Waals surface area contributed by atoms with E-state index in [2.05, 4.69) is 0 Å². The summed E-state index contributed by atoms with van der Waals surface area (Å²) >= 11 is 0. The van der Waals surface area contributed by atoms with Gasteiger partial charge in [-0.05, 0) is 11.1 Å². The highest BCUT2D eigenvalue weighted by Crippen LogP contribution is 2.34. The third-order valence-electron chi connectivity index (χ3n) is 4.52. The molecule has 2 aromatic carbocycles. The van der Waals surface area contributed by atoms with Crippen LogP contribution in [0.3, 0.4) is 0 Å². The molecule has 0 radical (unpaired) electrons. The van der Waals surface area contributed by atoms with Crippen LogP contribution in [-0.2, 0) is 27.3 Å². The minimum Gasteiger partial charge on any atom is -0.444 e. The summed E-state index contributed by atoms with van der Waals surface area (Å²) in [6, 6.07) is 18.4. The van der Waals surface area contributed by atoms with Crippen molar-refractivity contribution in [3.63, 3.8) is 0 Å². The Morgan fingerprint density at radius 3 is 2.11 bits per heavy atom. The monoisotopic (exact) mass is 367 g/mol. The van der Waals surface area contributed by atoms with Gasteiger partial charge in [0, 0.05) is 11.8 Å². The molecule has 0 aromatic heterocycles. The quantitative estimate of drug-likeness (QED) is 0.761. The average Bonchev–Trinajstić information content (AvgIpc) is 2.98. The third-order valence-corrected chi connectivity index (χ3v) is 4.52. The fourth-order valence-electron chi connectivity index (χ4n) is 3.15. The molecule has 1 amide bonds. The van der Waals surface area contributed by atoms with E-state index in [4.69, 9.17) is 9.47 Å². The van der Waals surface area contributed by atoms with Crippen LogP contribution in [0.15, 0.2) is 60.7 Å². The summed E-state index contributed by atoms with van der Waals surface area (Å²) in [4.78, 5) is 26.9. The number of cyclic esters (lactones) is 1. The first-order valence-electron chi connectivity index (χ1n) is 9.09. The number of carbonyl (C=O) groups is 2. The zero-order chi connectivity index (χ0) is 19.4. The van der Waals surface area contributed by atoms with Crippen molar-refractivity contribution in [1.29, 1.82) is 0 Å². The van der Waals surface area contributed by atoms with Crippen LogP contribution < -0.4 is 0 Å². The SMILES string of the molecule is CC(C)(C)[C@@H]1OC(=O)[C@H](Cc2ccccc2)N1C(=O)OCc1ccccc1. The molecule has 1 saturated heterocycles. The van der Waals surface area contributed by atoms with Gasteiger partial charge >= 0.3 is 12.1 Å². The van der Waals surface area contributed by atoms with Gasteiger partial charge in [0.2, 0.25) is 0 Å². The lowest BCUT2D eigenvalue weighted by atomic mass is 9.93. The van der Waals surface area contributed by atoms with Crippen LogP contribution in [0.25, 0.3) is 0 Å². The van der Waals surface area contributed by atoms with Gasteiger partial charge in [0.15, 0.2) is 6.23 Å². The topological polar surface area (TPSA) is 55.8 Å². The van der Waals surface area contributed by atoms with Crippen LogP contribution in [0, 0.1) is 5.41 Å². The van der Waals surface area contributed by atoms with E-state index in [0.717, 1.165) is 11.1 Å². The van der Waals surface area contributed by atoms with Crippen molar-refractivity contribution in [2.75, 3.05) is 0 Å². The second kappa shape index (κ2) is 7.82. The van der Waals surface area contributed by atoms with Crippen molar-refractivity contribution in [3.8, 4) is 0 Å². The molecule has 5 nitrogen and oxygen atoms in total. The van der Waals surface area contributed by atoms with E-state index < -0.39 is 29.7 Å². The first kappa shape index (κ1) is 19.0. The maximum Gasteiger partial charge on any atom is 0.413 e. The zero-order valence-corrected chi connectivity index (χ0v) is 15.9. The predicted octanol–water partition coefficient (Wildman–Crippen LogP) is 4.17. The Balaban J connectivity index is 1.80. The van der Waals surface area contributed by atoms with Crippen LogP contribution >= 0.6 is 0 Å². The summed E-state index contributed by atoms with van der Waals surface area (Å²) in [6.45, 7) is 5.97. The van der Waals surface area contributed by atoms with Gasteiger partial charge < -0.3 is 9.47 Å². The van der Waals surface area contributed by atoms with Crippen LogP contribution in [0.2, 0.25) is 0 Å². The number of rotatable bonds is 4. The molecular weight excluding hydrogens is 342 g/mol. The molecule has 1 aliphatic rings. The highest BCUT2D eigenvalue weighted by molar-refractivity contribution is 5.85. The first-order chi connectivity index (χ1) is 12.9. The summed E-state index contributed by atoms with van der Waals surface area (Å²) in [5, 5.41) is 0. The van der Waals surface area contributed by atoms with Crippen molar-refractivity contribution in [2.24, 2.45) is 5.41 Å². The molecule has 0 bridgehead atoms. The first-order valence-corrected chi connectivity index (χ1v) is 9.09. The molecule has 2 atom stereocenters. The Kier molecular flexibility index (Phi) is 5.49. The molecule has 142 valence electrons. The predicted molar refractivity (Wildman–Crippen MR) is 102 cm³/mol. The van der Waals surface area contributed by atoms with Crippen molar-refractivity contribution >= 4 is 12.1 Å². The summed E-state index contributed by atoms with van der Waals surface area (Å²) in [5.41, 5.74) is 1.44. The lowest BCUT2D eigenvalue weighted by molar-refractivity contribution is -0.147. The molecular formula is C22H25NO4. The Morgan fingerprint density at radius 1 is 1.00 bits per heavy atom. The van der Waals surface area contributed by atoms with E-state index in [1.165, 1.54) is 4.90 Å². The van der Waals surface area contributed by atoms with Crippen LogP contribution in [0.4, 0.5) is 4.79 Å². The number of carbonyl (C=O) groups excluding carboxylic acids is 2. The molecule has 0 unspecified atom stereocenters. The summed E-state index contributed by atoms with van der Waals surface area (Å²) in [5.74, 6) is -0.393. The van der Waals surface area contributed by atoms with Crippen LogP contribution in [-0.4, -0.2) is 29.2 Å². The van der Waals surface area contributed by atoms with Crippen molar-refractivity contribution < 1.29 is 19.1 Å². The average molecular weight is 367 g/mol.